The third-order valence-corrected chi connectivity index (χ3v) is 3.92. The van der Waals surface area contributed by atoms with Gasteiger partial charge in [-0.2, -0.15) is 13.2 Å². The molecule has 0 unspecified atom stereocenters. The second kappa shape index (κ2) is 8.83. The zero-order chi connectivity index (χ0) is 23.5. The third kappa shape index (κ3) is 5.24. The number of aliphatic carboxylic acids is 1. The van der Waals surface area contributed by atoms with E-state index in [9.17, 15) is 28.1 Å². The van der Waals surface area contributed by atoms with Gasteiger partial charge in [-0.25, -0.2) is 4.79 Å². The van der Waals surface area contributed by atoms with Crippen LogP contribution in [0.5, 0.6) is 28.9 Å². The zero-order valence-corrected chi connectivity index (χ0v) is 16.2. The molecule has 0 fully saturated rings. The quantitative estimate of drug-likeness (QED) is 0.393. The molecule has 0 saturated heterocycles. The molecule has 1 heterocycles. The molecule has 32 heavy (non-hydrogen) atoms. The summed E-state index contributed by atoms with van der Waals surface area (Å²) in [5.41, 5.74) is -1.52. The monoisotopic (exact) mass is 453 g/mol. The summed E-state index contributed by atoms with van der Waals surface area (Å²) in [7, 11) is 1.09. The average molecular weight is 453 g/mol. The number of nitrogens with zero attached hydrogens (tertiary/aromatic N) is 3. The predicted octanol–water partition coefficient (Wildman–Crippen LogP) is 4.40. The number of hydrogen-bond acceptors (Lipinski definition) is 7. The van der Waals surface area contributed by atoms with E-state index < -0.39 is 35.1 Å². The molecule has 0 radical (unpaired) electrons. The highest BCUT2D eigenvalue weighted by molar-refractivity contribution is 5.68. The van der Waals surface area contributed by atoms with Crippen molar-refractivity contribution in [3.05, 3.63) is 64.3 Å². The number of ether oxygens (including phenoxy) is 3. The number of rotatable bonds is 8. The Morgan fingerprint density at radius 2 is 1.81 bits per heavy atom. The number of halogens is 3. The molecule has 0 aliphatic heterocycles. The minimum atomic E-state index is -4.65. The molecule has 3 rings (SSSR count). The van der Waals surface area contributed by atoms with Gasteiger partial charge in [-0.15, -0.1) is 5.10 Å². The average Bonchev–Trinajstić information content (AvgIpc) is 3.07. The van der Waals surface area contributed by atoms with E-state index in [4.69, 9.17) is 19.3 Å². The zero-order valence-electron chi connectivity index (χ0n) is 16.2. The fourth-order valence-corrected chi connectivity index (χ4v) is 2.58. The van der Waals surface area contributed by atoms with Crippen LogP contribution in [0.2, 0.25) is 0 Å². The maximum Gasteiger partial charge on any atom is 0.433 e. The van der Waals surface area contributed by atoms with Gasteiger partial charge in [0.25, 0.3) is 0 Å². The first-order valence-corrected chi connectivity index (χ1v) is 8.73. The number of aromatic nitrogens is 2. The van der Waals surface area contributed by atoms with Gasteiger partial charge in [0.15, 0.2) is 18.1 Å². The molecule has 13 heteroatoms. The number of carbonyl (C=O) groups is 1. The first-order chi connectivity index (χ1) is 15.0. The Bertz CT molecular complexity index is 1160. The first kappa shape index (κ1) is 22.4. The van der Waals surface area contributed by atoms with Crippen LogP contribution in [0.25, 0.3) is 0 Å². The van der Waals surface area contributed by atoms with E-state index in [1.165, 1.54) is 30.3 Å². The van der Waals surface area contributed by atoms with Gasteiger partial charge >= 0.3 is 17.8 Å². The van der Waals surface area contributed by atoms with Gasteiger partial charge in [0, 0.05) is 25.2 Å². The Morgan fingerprint density at radius 1 is 1.12 bits per heavy atom. The minimum Gasteiger partial charge on any atom is -0.479 e. The number of aryl methyl sites for hydroxylation is 1. The van der Waals surface area contributed by atoms with Crippen LogP contribution >= 0.6 is 0 Å². The molecule has 0 amide bonds. The highest BCUT2D eigenvalue weighted by Gasteiger charge is 2.35. The van der Waals surface area contributed by atoms with Crippen LogP contribution in [-0.4, -0.2) is 32.4 Å². The molecule has 0 atom stereocenters. The normalized spacial score (nSPS) is 11.1. The van der Waals surface area contributed by atoms with Crippen LogP contribution in [0.1, 0.15) is 5.69 Å². The lowest BCUT2D eigenvalue weighted by molar-refractivity contribution is -0.385. The van der Waals surface area contributed by atoms with Gasteiger partial charge in [-0.05, 0) is 18.2 Å². The molecule has 1 N–H and O–H groups in total. The maximum atomic E-state index is 12.9. The van der Waals surface area contributed by atoms with E-state index in [2.05, 4.69) is 5.10 Å². The topological polar surface area (TPSA) is 126 Å². The lowest BCUT2D eigenvalue weighted by Gasteiger charge is -2.12. The lowest BCUT2D eigenvalue weighted by Crippen LogP contribution is -2.11. The number of nitro benzene ring substituents is 1. The Hall–Kier alpha value is -4.29. The molecular weight excluding hydrogens is 439 g/mol. The van der Waals surface area contributed by atoms with E-state index >= 15 is 0 Å². The van der Waals surface area contributed by atoms with E-state index in [1.807, 2.05) is 0 Å². The fraction of sp³-hybridized carbons (Fsp3) is 0.158. The SMILES string of the molecule is Cn1nc(Oc2ccc([N+](=O)[O-])c(Oc3ccccc3OCC(=O)O)c2)cc1C(F)(F)F. The molecule has 0 aliphatic rings. The van der Waals surface area contributed by atoms with E-state index in [1.54, 1.807) is 0 Å². The number of carboxylic acid groups (broad SMARTS) is 1. The maximum absolute atomic E-state index is 12.9. The van der Waals surface area contributed by atoms with Crippen LogP contribution in [-0.2, 0) is 18.0 Å². The smallest absolute Gasteiger partial charge is 0.433 e. The van der Waals surface area contributed by atoms with Crippen molar-refractivity contribution in [3.8, 4) is 28.9 Å². The van der Waals surface area contributed by atoms with E-state index in [0.717, 1.165) is 19.2 Å². The number of benzene rings is 2. The fourth-order valence-electron chi connectivity index (χ4n) is 2.58. The van der Waals surface area contributed by atoms with Gasteiger partial charge in [0.2, 0.25) is 11.6 Å². The van der Waals surface area contributed by atoms with Crippen LogP contribution in [0, 0.1) is 10.1 Å². The third-order valence-electron chi connectivity index (χ3n) is 3.92. The summed E-state index contributed by atoms with van der Waals surface area (Å²) >= 11 is 0. The summed E-state index contributed by atoms with van der Waals surface area (Å²) in [5, 5.41) is 23.8. The molecule has 168 valence electrons. The van der Waals surface area contributed by atoms with Crippen molar-refractivity contribution in [2.45, 2.75) is 6.18 Å². The number of nitro groups is 1. The van der Waals surface area contributed by atoms with Gasteiger partial charge in [0.05, 0.1) is 4.92 Å². The van der Waals surface area contributed by atoms with Crippen LogP contribution in [0.3, 0.4) is 0 Å². The van der Waals surface area contributed by atoms with Gasteiger partial charge in [-0.1, -0.05) is 12.1 Å². The molecule has 1 aromatic heterocycles. The summed E-state index contributed by atoms with van der Waals surface area (Å²) in [4.78, 5) is 21.4. The molecule has 0 saturated carbocycles. The van der Waals surface area contributed by atoms with Gasteiger partial charge in [0.1, 0.15) is 11.4 Å². The molecule has 0 spiro atoms. The number of alkyl halides is 3. The number of carboxylic acids is 1. The Morgan fingerprint density at radius 3 is 2.41 bits per heavy atom. The summed E-state index contributed by atoms with van der Waals surface area (Å²) < 4.78 is 55.4. The first-order valence-electron chi connectivity index (χ1n) is 8.73. The second-order valence-electron chi connectivity index (χ2n) is 6.21. The lowest BCUT2D eigenvalue weighted by atomic mass is 10.2. The summed E-state index contributed by atoms with van der Waals surface area (Å²) in [6, 6.07) is 9.84. The highest BCUT2D eigenvalue weighted by Crippen LogP contribution is 2.39. The number of hydrogen-bond donors (Lipinski definition) is 1. The van der Waals surface area contributed by atoms with Crippen molar-refractivity contribution in [1.29, 1.82) is 0 Å². The Balaban J connectivity index is 1.91. The molecular formula is C19H14F3N3O7. The summed E-state index contributed by atoms with van der Waals surface area (Å²) in [6.07, 6.45) is -4.65. The van der Waals surface area contributed by atoms with Crippen LogP contribution in [0.15, 0.2) is 48.5 Å². The summed E-state index contributed by atoms with van der Waals surface area (Å²) in [6.45, 7) is -0.674. The van der Waals surface area contributed by atoms with E-state index in [0.29, 0.717) is 10.7 Å². The van der Waals surface area contributed by atoms with Crippen molar-refractivity contribution < 1.29 is 42.2 Å². The Kier molecular flexibility index (Phi) is 6.18. The van der Waals surface area contributed by atoms with Crippen LogP contribution < -0.4 is 14.2 Å². The molecule has 10 nitrogen and oxygen atoms in total. The van der Waals surface area contributed by atoms with Gasteiger partial charge in [-0.3, -0.25) is 14.8 Å². The molecule has 3 aromatic rings. The number of para-hydroxylation sites is 2. The summed E-state index contributed by atoms with van der Waals surface area (Å²) in [5.74, 6) is -2.03. The van der Waals surface area contributed by atoms with Crippen molar-refractivity contribution in [1.82, 2.24) is 9.78 Å². The molecule has 0 aliphatic carbocycles. The second-order valence-corrected chi connectivity index (χ2v) is 6.21. The predicted molar refractivity (Wildman–Crippen MR) is 101 cm³/mol. The Labute approximate surface area is 177 Å². The minimum absolute atomic E-state index is 0.00932. The van der Waals surface area contributed by atoms with Gasteiger partial charge < -0.3 is 19.3 Å². The standard InChI is InChI=1S/C19H14F3N3O7/c1-24-16(19(20,21)22)9-17(23-24)31-11-6-7-12(25(28)29)15(8-11)32-14-5-3-2-4-13(14)30-10-18(26)27/h2-9H,10H2,1H3,(H,26,27). The van der Waals surface area contributed by atoms with Crippen molar-refractivity contribution in [2.75, 3.05) is 6.61 Å². The van der Waals surface area contributed by atoms with E-state index in [-0.39, 0.29) is 28.9 Å². The largest absolute Gasteiger partial charge is 0.479 e. The van der Waals surface area contributed by atoms with Crippen molar-refractivity contribution >= 4 is 11.7 Å². The van der Waals surface area contributed by atoms with Crippen molar-refractivity contribution in [2.24, 2.45) is 7.05 Å². The highest BCUT2D eigenvalue weighted by atomic mass is 19.4. The van der Waals surface area contributed by atoms with Crippen LogP contribution in [0.4, 0.5) is 18.9 Å². The molecule has 2 aromatic carbocycles. The molecule has 0 bridgehead atoms. The van der Waals surface area contributed by atoms with Crippen molar-refractivity contribution in [3.63, 3.8) is 0 Å².